The molecule has 0 saturated carbocycles. The van der Waals surface area contributed by atoms with E-state index < -0.39 is 4.92 Å². The second-order valence-electron chi connectivity index (χ2n) is 4.71. The van der Waals surface area contributed by atoms with Crippen molar-refractivity contribution in [3.63, 3.8) is 0 Å². The van der Waals surface area contributed by atoms with Crippen LogP contribution in [0.5, 0.6) is 0 Å². The Balaban J connectivity index is 2.21. The van der Waals surface area contributed by atoms with Crippen LogP contribution in [-0.4, -0.2) is 17.1 Å². The summed E-state index contributed by atoms with van der Waals surface area (Å²) in [6, 6.07) is 12.7. The van der Waals surface area contributed by atoms with Crippen molar-refractivity contribution in [2.45, 2.75) is 13.2 Å². The Bertz CT molecular complexity index is 644. The number of nitrogens with zero attached hydrogens (tertiary/aromatic N) is 2. The van der Waals surface area contributed by atoms with Gasteiger partial charge in [0.1, 0.15) is 0 Å². The number of rotatable bonds is 5. The van der Waals surface area contributed by atoms with Gasteiger partial charge in [0.15, 0.2) is 0 Å². The van der Waals surface area contributed by atoms with Crippen LogP contribution in [0.25, 0.3) is 0 Å². The van der Waals surface area contributed by atoms with Gasteiger partial charge < -0.3 is 10.0 Å². The summed E-state index contributed by atoms with van der Waals surface area (Å²) in [5.74, 6) is 0. The first-order valence-corrected chi connectivity index (χ1v) is 7.14. The molecule has 0 aliphatic heterocycles. The molecule has 2 aromatic rings. The molecule has 0 radical (unpaired) electrons. The predicted octanol–water partition coefficient (Wildman–Crippen LogP) is 3.49. The van der Waals surface area contributed by atoms with Gasteiger partial charge in [0, 0.05) is 29.8 Å². The van der Waals surface area contributed by atoms with Crippen molar-refractivity contribution in [2.75, 3.05) is 11.9 Å². The zero-order valence-electron chi connectivity index (χ0n) is 11.5. The second-order valence-corrected chi connectivity index (χ2v) is 5.63. The summed E-state index contributed by atoms with van der Waals surface area (Å²) < 4.78 is 1.02. The largest absolute Gasteiger partial charge is 0.391 e. The highest BCUT2D eigenvalue weighted by Gasteiger charge is 2.14. The van der Waals surface area contributed by atoms with E-state index in [1.165, 1.54) is 6.07 Å². The highest BCUT2D eigenvalue weighted by Crippen LogP contribution is 2.25. The number of anilines is 1. The van der Waals surface area contributed by atoms with Gasteiger partial charge in [-0.2, -0.15) is 0 Å². The monoisotopic (exact) mass is 350 g/mol. The van der Waals surface area contributed by atoms with Gasteiger partial charge >= 0.3 is 0 Å². The van der Waals surface area contributed by atoms with Crippen molar-refractivity contribution < 1.29 is 10.0 Å². The Hall–Kier alpha value is -1.92. The van der Waals surface area contributed by atoms with Crippen molar-refractivity contribution in [3.05, 3.63) is 68.2 Å². The Morgan fingerprint density at radius 2 is 1.90 bits per heavy atom. The molecule has 0 heterocycles. The quantitative estimate of drug-likeness (QED) is 0.662. The topological polar surface area (TPSA) is 66.6 Å². The average Bonchev–Trinajstić information content (AvgIpc) is 2.48. The Morgan fingerprint density at radius 1 is 1.24 bits per heavy atom. The summed E-state index contributed by atoms with van der Waals surface area (Å²) in [7, 11) is 1.91. The fourth-order valence-electron chi connectivity index (χ4n) is 2.07. The third kappa shape index (κ3) is 3.80. The van der Waals surface area contributed by atoms with E-state index in [0.717, 1.165) is 15.7 Å². The Kier molecular flexibility index (Phi) is 4.93. The Morgan fingerprint density at radius 3 is 2.48 bits per heavy atom. The van der Waals surface area contributed by atoms with Crippen LogP contribution in [0.1, 0.15) is 11.1 Å². The van der Waals surface area contributed by atoms with Crippen molar-refractivity contribution in [2.24, 2.45) is 0 Å². The summed E-state index contributed by atoms with van der Waals surface area (Å²) in [4.78, 5) is 12.4. The first-order valence-electron chi connectivity index (χ1n) is 6.35. The van der Waals surface area contributed by atoms with Gasteiger partial charge in [-0.25, -0.2) is 0 Å². The fourth-order valence-corrected chi connectivity index (χ4v) is 2.33. The first-order chi connectivity index (χ1) is 10.0. The van der Waals surface area contributed by atoms with Crippen molar-refractivity contribution >= 4 is 27.3 Å². The maximum Gasteiger partial charge on any atom is 0.275 e. The van der Waals surface area contributed by atoms with Crippen molar-refractivity contribution in [1.82, 2.24) is 0 Å². The van der Waals surface area contributed by atoms with E-state index in [2.05, 4.69) is 15.9 Å². The molecule has 0 unspecified atom stereocenters. The van der Waals surface area contributed by atoms with Crippen LogP contribution in [0.3, 0.4) is 0 Å². The number of aliphatic hydroxyl groups is 1. The van der Waals surface area contributed by atoms with Gasteiger partial charge in [0.25, 0.3) is 5.69 Å². The number of benzene rings is 2. The highest BCUT2D eigenvalue weighted by atomic mass is 79.9. The zero-order chi connectivity index (χ0) is 15.4. The van der Waals surface area contributed by atoms with E-state index in [9.17, 15) is 15.2 Å². The molecule has 0 aliphatic rings. The van der Waals surface area contributed by atoms with Gasteiger partial charge in [-0.05, 0) is 29.8 Å². The van der Waals surface area contributed by atoms with Crippen LogP contribution in [-0.2, 0) is 13.2 Å². The van der Waals surface area contributed by atoms with Gasteiger partial charge in [-0.3, -0.25) is 10.1 Å². The highest BCUT2D eigenvalue weighted by molar-refractivity contribution is 9.10. The van der Waals surface area contributed by atoms with E-state index in [4.69, 9.17) is 0 Å². The molecule has 0 amide bonds. The number of halogens is 1. The zero-order valence-corrected chi connectivity index (χ0v) is 13.1. The lowest BCUT2D eigenvalue weighted by atomic mass is 10.1. The van der Waals surface area contributed by atoms with E-state index in [1.807, 2.05) is 36.2 Å². The van der Waals surface area contributed by atoms with Crippen LogP contribution < -0.4 is 4.90 Å². The van der Waals surface area contributed by atoms with Gasteiger partial charge in [0.05, 0.1) is 17.1 Å². The summed E-state index contributed by atoms with van der Waals surface area (Å²) in [5, 5.41) is 20.1. The smallest absolute Gasteiger partial charge is 0.275 e. The minimum Gasteiger partial charge on any atom is -0.391 e. The second kappa shape index (κ2) is 6.69. The lowest BCUT2D eigenvalue weighted by Crippen LogP contribution is -2.16. The van der Waals surface area contributed by atoms with Crippen molar-refractivity contribution in [3.8, 4) is 0 Å². The van der Waals surface area contributed by atoms with E-state index in [1.54, 1.807) is 12.1 Å². The number of hydrogen-bond donors (Lipinski definition) is 1. The third-order valence-corrected chi connectivity index (χ3v) is 3.73. The lowest BCUT2D eigenvalue weighted by Gasteiger charge is -2.20. The third-order valence-electron chi connectivity index (χ3n) is 3.20. The fraction of sp³-hybridized carbons (Fsp3) is 0.200. The maximum absolute atomic E-state index is 10.9. The maximum atomic E-state index is 10.9. The molecular formula is C15H15BrN2O3. The van der Waals surface area contributed by atoms with Crippen LogP contribution in [0, 0.1) is 10.1 Å². The number of nitro benzene ring substituents is 1. The average molecular weight is 351 g/mol. The molecule has 0 bridgehead atoms. The molecule has 110 valence electrons. The molecule has 0 atom stereocenters. The van der Waals surface area contributed by atoms with Crippen LogP contribution in [0.4, 0.5) is 11.4 Å². The standard InChI is InChI=1S/C15H15BrN2O3/c1-17(9-11-2-4-13(16)5-3-11)14-6-7-15(18(20)21)12(8-14)10-19/h2-8,19H,9-10H2,1H3. The summed E-state index contributed by atoms with van der Waals surface area (Å²) >= 11 is 3.39. The molecule has 21 heavy (non-hydrogen) atoms. The molecule has 0 aromatic heterocycles. The number of nitro groups is 1. The van der Waals surface area contributed by atoms with E-state index >= 15 is 0 Å². The molecule has 5 nitrogen and oxygen atoms in total. The van der Waals surface area contributed by atoms with E-state index in [-0.39, 0.29) is 12.3 Å². The van der Waals surface area contributed by atoms with Crippen molar-refractivity contribution in [1.29, 1.82) is 0 Å². The SMILES string of the molecule is CN(Cc1ccc(Br)cc1)c1ccc([N+](=O)[O-])c(CO)c1. The Labute approximate surface area is 131 Å². The van der Waals surface area contributed by atoms with Crippen LogP contribution in [0.15, 0.2) is 46.9 Å². The molecule has 0 aliphatic carbocycles. The summed E-state index contributed by atoms with van der Waals surface area (Å²) in [6.07, 6.45) is 0. The van der Waals surface area contributed by atoms with E-state index in [0.29, 0.717) is 12.1 Å². The molecule has 2 rings (SSSR count). The molecule has 1 N–H and O–H groups in total. The predicted molar refractivity (Wildman–Crippen MR) is 85.3 cm³/mol. The minimum atomic E-state index is -0.482. The molecule has 2 aromatic carbocycles. The van der Waals surface area contributed by atoms with Gasteiger partial charge in [0.2, 0.25) is 0 Å². The van der Waals surface area contributed by atoms with Crippen LogP contribution in [0.2, 0.25) is 0 Å². The number of aliphatic hydroxyl groups excluding tert-OH is 1. The molecular weight excluding hydrogens is 336 g/mol. The molecule has 0 saturated heterocycles. The molecule has 0 spiro atoms. The lowest BCUT2D eigenvalue weighted by molar-refractivity contribution is -0.385. The molecule has 6 heteroatoms. The number of hydrogen-bond acceptors (Lipinski definition) is 4. The normalized spacial score (nSPS) is 10.4. The van der Waals surface area contributed by atoms with Crippen LogP contribution >= 0.6 is 15.9 Å². The van der Waals surface area contributed by atoms with Gasteiger partial charge in [-0.1, -0.05) is 28.1 Å². The minimum absolute atomic E-state index is 0.0571. The molecule has 0 fully saturated rings. The summed E-state index contributed by atoms with van der Waals surface area (Å²) in [5.41, 5.74) is 2.22. The first kappa shape index (κ1) is 15.5. The van der Waals surface area contributed by atoms with Gasteiger partial charge in [-0.15, -0.1) is 0 Å². The summed E-state index contributed by atoms with van der Waals surface area (Å²) in [6.45, 7) is 0.326.